The first-order chi connectivity index (χ1) is 11.6. The molecule has 0 saturated carbocycles. The fraction of sp³-hybridized carbons (Fsp3) is 0.235. The van der Waals surface area contributed by atoms with Crippen LogP contribution in [0.3, 0.4) is 0 Å². The SMILES string of the molecule is COc1cn(-c2ccccc2)nc1C(=O)OCc1nc(C)c(C)o1. The minimum atomic E-state index is -0.602. The van der Waals surface area contributed by atoms with Crippen LogP contribution in [-0.4, -0.2) is 27.8 Å². The quantitative estimate of drug-likeness (QED) is 0.670. The molecule has 124 valence electrons. The Balaban J connectivity index is 1.78. The molecule has 0 spiro atoms. The van der Waals surface area contributed by atoms with Crippen LogP contribution >= 0.6 is 0 Å². The van der Waals surface area contributed by atoms with Gasteiger partial charge < -0.3 is 13.9 Å². The van der Waals surface area contributed by atoms with E-state index in [1.165, 1.54) is 7.11 Å². The summed E-state index contributed by atoms with van der Waals surface area (Å²) in [4.78, 5) is 16.5. The van der Waals surface area contributed by atoms with E-state index < -0.39 is 5.97 Å². The molecule has 3 aromatic rings. The van der Waals surface area contributed by atoms with Gasteiger partial charge >= 0.3 is 5.97 Å². The number of nitrogens with zero attached hydrogens (tertiary/aromatic N) is 3. The maximum Gasteiger partial charge on any atom is 0.363 e. The maximum atomic E-state index is 12.3. The molecule has 0 saturated heterocycles. The van der Waals surface area contributed by atoms with Gasteiger partial charge in [0.05, 0.1) is 24.7 Å². The monoisotopic (exact) mass is 327 g/mol. The summed E-state index contributed by atoms with van der Waals surface area (Å²) >= 11 is 0. The second-order valence-electron chi connectivity index (χ2n) is 5.15. The van der Waals surface area contributed by atoms with Crippen molar-refractivity contribution in [3.05, 3.63) is 59.6 Å². The van der Waals surface area contributed by atoms with Crippen molar-refractivity contribution in [2.24, 2.45) is 0 Å². The third-order valence-electron chi connectivity index (χ3n) is 3.51. The van der Waals surface area contributed by atoms with Crippen LogP contribution in [0.4, 0.5) is 0 Å². The molecule has 0 amide bonds. The summed E-state index contributed by atoms with van der Waals surface area (Å²) in [5.74, 6) is 0.783. The van der Waals surface area contributed by atoms with Crippen LogP contribution in [0, 0.1) is 13.8 Å². The number of carbonyl (C=O) groups excluding carboxylic acids is 1. The number of benzene rings is 1. The molecule has 0 bridgehead atoms. The molecule has 7 nitrogen and oxygen atoms in total. The Morgan fingerprint density at radius 2 is 2.00 bits per heavy atom. The van der Waals surface area contributed by atoms with E-state index in [9.17, 15) is 4.79 Å². The third kappa shape index (κ3) is 3.15. The van der Waals surface area contributed by atoms with Crippen molar-refractivity contribution in [3.63, 3.8) is 0 Å². The minimum absolute atomic E-state index is 0.0607. The van der Waals surface area contributed by atoms with E-state index >= 15 is 0 Å². The highest BCUT2D eigenvalue weighted by atomic mass is 16.5. The predicted molar refractivity (Wildman–Crippen MR) is 85.2 cm³/mol. The predicted octanol–water partition coefficient (Wildman–Crippen LogP) is 2.84. The van der Waals surface area contributed by atoms with E-state index in [1.54, 1.807) is 17.8 Å². The molecule has 3 rings (SSSR count). The van der Waals surface area contributed by atoms with Crippen LogP contribution in [-0.2, 0) is 11.3 Å². The van der Waals surface area contributed by atoms with Gasteiger partial charge in [0.15, 0.2) is 12.4 Å². The van der Waals surface area contributed by atoms with Crippen LogP contribution in [0.5, 0.6) is 5.75 Å². The lowest BCUT2D eigenvalue weighted by atomic mass is 10.3. The highest BCUT2D eigenvalue weighted by molar-refractivity contribution is 5.90. The van der Waals surface area contributed by atoms with Crippen LogP contribution in [0.2, 0.25) is 0 Å². The average Bonchev–Trinajstić information content (AvgIpc) is 3.17. The van der Waals surface area contributed by atoms with Gasteiger partial charge in [-0.05, 0) is 26.0 Å². The molecule has 0 atom stereocenters. The number of aryl methyl sites for hydroxylation is 2. The maximum absolute atomic E-state index is 12.3. The van der Waals surface area contributed by atoms with Gasteiger partial charge in [0.25, 0.3) is 0 Å². The van der Waals surface area contributed by atoms with Crippen molar-refractivity contribution in [1.82, 2.24) is 14.8 Å². The second-order valence-corrected chi connectivity index (χ2v) is 5.15. The molecule has 7 heteroatoms. The zero-order chi connectivity index (χ0) is 17.1. The van der Waals surface area contributed by atoms with Gasteiger partial charge in [0.1, 0.15) is 5.76 Å². The summed E-state index contributed by atoms with van der Waals surface area (Å²) in [6.45, 7) is 3.57. The number of methoxy groups -OCH3 is 1. The van der Waals surface area contributed by atoms with Crippen LogP contribution in [0.15, 0.2) is 40.9 Å². The summed E-state index contributed by atoms with van der Waals surface area (Å²) in [5.41, 5.74) is 1.68. The molecule has 1 aromatic carbocycles. The fourth-order valence-electron chi connectivity index (χ4n) is 2.16. The van der Waals surface area contributed by atoms with Crippen molar-refractivity contribution >= 4 is 5.97 Å². The minimum Gasteiger partial charge on any atom is -0.493 e. The Bertz CT molecular complexity index is 833. The van der Waals surface area contributed by atoms with Crippen LogP contribution < -0.4 is 4.74 Å². The lowest BCUT2D eigenvalue weighted by Crippen LogP contribution is -2.08. The second kappa shape index (κ2) is 6.57. The average molecular weight is 327 g/mol. The largest absolute Gasteiger partial charge is 0.493 e. The van der Waals surface area contributed by atoms with Crippen molar-refractivity contribution in [2.45, 2.75) is 20.5 Å². The number of hydrogen-bond donors (Lipinski definition) is 0. The zero-order valence-electron chi connectivity index (χ0n) is 13.6. The number of oxazole rings is 1. The van der Waals surface area contributed by atoms with E-state index in [1.807, 2.05) is 37.3 Å². The molecule has 0 aliphatic carbocycles. The Morgan fingerprint density at radius 3 is 2.62 bits per heavy atom. The van der Waals surface area contributed by atoms with Crippen LogP contribution in [0.1, 0.15) is 27.8 Å². The van der Waals surface area contributed by atoms with Gasteiger partial charge in [0, 0.05) is 0 Å². The standard InChI is InChI=1S/C17H17N3O4/c1-11-12(2)24-15(18-11)10-23-17(21)16-14(22-3)9-20(19-16)13-7-5-4-6-8-13/h4-9H,10H2,1-3H3. The number of para-hydroxylation sites is 1. The topological polar surface area (TPSA) is 79.4 Å². The Hall–Kier alpha value is -3.09. The van der Waals surface area contributed by atoms with Crippen molar-refractivity contribution in [3.8, 4) is 11.4 Å². The third-order valence-corrected chi connectivity index (χ3v) is 3.51. The number of esters is 1. The fourth-order valence-corrected chi connectivity index (χ4v) is 2.16. The van der Waals surface area contributed by atoms with E-state index in [4.69, 9.17) is 13.9 Å². The molecule has 0 aliphatic rings. The Morgan fingerprint density at radius 1 is 1.25 bits per heavy atom. The van der Waals surface area contributed by atoms with E-state index in [-0.39, 0.29) is 12.3 Å². The van der Waals surface area contributed by atoms with Gasteiger partial charge in [-0.3, -0.25) is 0 Å². The molecule has 24 heavy (non-hydrogen) atoms. The highest BCUT2D eigenvalue weighted by Gasteiger charge is 2.20. The molecular weight excluding hydrogens is 310 g/mol. The molecule has 0 radical (unpaired) electrons. The van der Waals surface area contributed by atoms with Gasteiger partial charge in [-0.15, -0.1) is 0 Å². The molecule has 0 aliphatic heterocycles. The summed E-state index contributed by atoms with van der Waals surface area (Å²) in [5, 5.41) is 4.25. The molecule has 0 fully saturated rings. The van der Waals surface area contributed by atoms with E-state index in [0.29, 0.717) is 17.4 Å². The lowest BCUT2D eigenvalue weighted by Gasteiger charge is -2.01. The Labute approximate surface area is 138 Å². The first kappa shape index (κ1) is 15.8. The number of aromatic nitrogens is 3. The normalized spacial score (nSPS) is 10.6. The molecule has 0 unspecified atom stereocenters. The van der Waals surface area contributed by atoms with Gasteiger partial charge in [-0.1, -0.05) is 18.2 Å². The van der Waals surface area contributed by atoms with Gasteiger partial charge in [-0.25, -0.2) is 14.5 Å². The number of ether oxygens (including phenoxy) is 2. The summed E-state index contributed by atoms with van der Waals surface area (Å²) < 4.78 is 17.4. The number of hydrogen-bond acceptors (Lipinski definition) is 6. The lowest BCUT2D eigenvalue weighted by molar-refractivity contribution is 0.0426. The number of carbonyl (C=O) groups is 1. The van der Waals surface area contributed by atoms with E-state index in [0.717, 1.165) is 11.4 Å². The van der Waals surface area contributed by atoms with Gasteiger partial charge in [0.2, 0.25) is 11.6 Å². The smallest absolute Gasteiger partial charge is 0.363 e. The summed E-state index contributed by atoms with van der Waals surface area (Å²) in [7, 11) is 1.48. The first-order valence-electron chi connectivity index (χ1n) is 7.37. The van der Waals surface area contributed by atoms with Crippen molar-refractivity contribution in [2.75, 3.05) is 7.11 Å². The van der Waals surface area contributed by atoms with Gasteiger partial charge in [-0.2, -0.15) is 5.10 Å². The first-order valence-corrected chi connectivity index (χ1v) is 7.37. The van der Waals surface area contributed by atoms with Crippen LogP contribution in [0.25, 0.3) is 5.69 Å². The molecular formula is C17H17N3O4. The van der Waals surface area contributed by atoms with Crippen molar-refractivity contribution < 1.29 is 18.7 Å². The van der Waals surface area contributed by atoms with E-state index in [2.05, 4.69) is 10.1 Å². The summed E-state index contributed by atoms with van der Waals surface area (Å²) in [6.07, 6.45) is 1.63. The zero-order valence-corrected chi connectivity index (χ0v) is 13.6. The van der Waals surface area contributed by atoms with Crippen molar-refractivity contribution in [1.29, 1.82) is 0 Å². The Kier molecular flexibility index (Phi) is 4.33. The molecule has 2 aromatic heterocycles. The summed E-state index contributed by atoms with van der Waals surface area (Å²) in [6, 6.07) is 9.42. The number of rotatable bonds is 5. The highest BCUT2D eigenvalue weighted by Crippen LogP contribution is 2.21. The molecule has 0 N–H and O–H groups in total. The molecule has 2 heterocycles.